The van der Waals surface area contributed by atoms with Crippen molar-refractivity contribution in [1.29, 1.82) is 0 Å². The van der Waals surface area contributed by atoms with E-state index in [4.69, 9.17) is 9.47 Å². The summed E-state index contributed by atoms with van der Waals surface area (Å²) in [7, 11) is 0. The number of nitrogens with zero attached hydrogens (tertiary/aromatic N) is 2. The van der Waals surface area contributed by atoms with Crippen LogP contribution in [0.15, 0.2) is 29.4 Å². The highest BCUT2D eigenvalue weighted by Crippen LogP contribution is 2.17. The van der Waals surface area contributed by atoms with Gasteiger partial charge >= 0.3 is 5.97 Å². The van der Waals surface area contributed by atoms with Gasteiger partial charge < -0.3 is 9.47 Å². The zero-order valence-electron chi connectivity index (χ0n) is 12.3. The average Bonchev–Trinajstić information content (AvgIpc) is 2.51. The number of esters is 1. The molecule has 8 heteroatoms. The highest BCUT2D eigenvalue weighted by Gasteiger charge is 2.19. The second kappa shape index (κ2) is 9.43. The van der Waals surface area contributed by atoms with Crippen molar-refractivity contribution in [2.24, 2.45) is 5.18 Å². The van der Waals surface area contributed by atoms with E-state index in [1.807, 2.05) is 0 Å². The van der Waals surface area contributed by atoms with Crippen molar-refractivity contribution in [2.45, 2.75) is 32.2 Å². The van der Waals surface area contributed by atoms with E-state index in [9.17, 15) is 19.8 Å². The Labute approximate surface area is 127 Å². The van der Waals surface area contributed by atoms with E-state index in [1.165, 1.54) is 24.3 Å². The highest BCUT2D eigenvalue weighted by atomic mass is 16.6. The lowest BCUT2D eigenvalue weighted by molar-refractivity contribution is -0.384. The maximum atomic E-state index is 11.3. The maximum Gasteiger partial charge on any atom is 0.334 e. The van der Waals surface area contributed by atoms with Gasteiger partial charge in [-0.25, -0.2) is 4.79 Å². The largest absolute Gasteiger partial charge is 0.494 e. The van der Waals surface area contributed by atoms with Gasteiger partial charge in [0.15, 0.2) is 6.04 Å². The van der Waals surface area contributed by atoms with Crippen LogP contribution in [0.3, 0.4) is 0 Å². The molecule has 1 aromatic rings. The molecular weight excluding hydrogens is 292 g/mol. The summed E-state index contributed by atoms with van der Waals surface area (Å²) >= 11 is 0. The third kappa shape index (κ3) is 5.86. The lowest BCUT2D eigenvalue weighted by Gasteiger charge is -2.09. The molecule has 0 fully saturated rings. The van der Waals surface area contributed by atoms with Crippen molar-refractivity contribution in [3.63, 3.8) is 0 Å². The number of non-ortho nitro benzene ring substituents is 1. The molecule has 120 valence electrons. The Morgan fingerprint density at radius 2 is 2.00 bits per heavy atom. The van der Waals surface area contributed by atoms with Gasteiger partial charge in [0, 0.05) is 12.1 Å². The quantitative estimate of drug-likeness (QED) is 0.216. The smallest absolute Gasteiger partial charge is 0.334 e. The van der Waals surface area contributed by atoms with Crippen LogP contribution in [0.2, 0.25) is 0 Å². The molecule has 0 aliphatic carbocycles. The van der Waals surface area contributed by atoms with Crippen LogP contribution in [0.4, 0.5) is 5.69 Å². The minimum absolute atomic E-state index is 0.00156. The lowest BCUT2D eigenvalue weighted by atomic mass is 10.1. The van der Waals surface area contributed by atoms with Gasteiger partial charge in [-0.1, -0.05) is 5.18 Å². The second-order valence-electron chi connectivity index (χ2n) is 4.47. The second-order valence-corrected chi connectivity index (χ2v) is 4.47. The van der Waals surface area contributed by atoms with E-state index in [1.54, 1.807) is 6.92 Å². The fourth-order valence-corrected chi connectivity index (χ4v) is 1.75. The van der Waals surface area contributed by atoms with Crippen LogP contribution in [0.5, 0.6) is 5.75 Å². The first-order chi connectivity index (χ1) is 10.6. The minimum Gasteiger partial charge on any atom is -0.494 e. The van der Waals surface area contributed by atoms with Crippen LogP contribution in [0.25, 0.3) is 0 Å². The maximum absolute atomic E-state index is 11.3. The average molecular weight is 310 g/mol. The first kappa shape index (κ1) is 17.5. The van der Waals surface area contributed by atoms with E-state index < -0.39 is 16.9 Å². The first-order valence-corrected chi connectivity index (χ1v) is 6.94. The van der Waals surface area contributed by atoms with E-state index in [2.05, 4.69) is 5.18 Å². The zero-order valence-corrected chi connectivity index (χ0v) is 12.3. The summed E-state index contributed by atoms with van der Waals surface area (Å²) in [5.74, 6) is -0.0742. The van der Waals surface area contributed by atoms with Gasteiger partial charge in [-0.2, -0.15) is 0 Å². The molecule has 1 atom stereocenters. The fraction of sp³-hybridized carbons (Fsp3) is 0.500. The molecular formula is C14H18N2O6. The molecule has 8 nitrogen and oxygen atoms in total. The van der Waals surface area contributed by atoms with Crippen molar-refractivity contribution in [1.82, 2.24) is 0 Å². The normalized spacial score (nSPS) is 11.5. The molecule has 1 rings (SSSR count). The molecule has 0 N–H and O–H groups in total. The molecule has 1 aromatic carbocycles. The number of hydrogen-bond acceptors (Lipinski definition) is 7. The zero-order chi connectivity index (χ0) is 16.4. The molecule has 0 amide bonds. The molecule has 0 saturated carbocycles. The number of hydrogen-bond donors (Lipinski definition) is 0. The number of benzene rings is 1. The number of carbonyl (C=O) groups is 1. The topological polar surface area (TPSA) is 108 Å². The van der Waals surface area contributed by atoms with Crippen molar-refractivity contribution < 1.29 is 19.2 Å². The lowest BCUT2D eigenvalue weighted by Crippen LogP contribution is -2.21. The molecule has 0 aromatic heterocycles. The van der Waals surface area contributed by atoms with Crippen LogP contribution < -0.4 is 4.74 Å². The number of nitroso groups, excluding NO2 is 1. The third-order valence-corrected chi connectivity index (χ3v) is 2.87. The van der Waals surface area contributed by atoms with Gasteiger partial charge in [-0.05, 0) is 38.3 Å². The number of unbranched alkanes of at least 4 members (excludes halogenated alkanes) is 1. The Kier molecular flexibility index (Phi) is 7.52. The molecule has 1 unspecified atom stereocenters. The van der Waals surface area contributed by atoms with E-state index in [0.717, 1.165) is 0 Å². The SMILES string of the molecule is CCOC(=O)C(CCCCOc1ccc([N+](=O)[O-])cc1)N=O. The minimum atomic E-state index is -0.973. The number of carbonyl (C=O) groups excluding carboxylic acids is 1. The highest BCUT2D eigenvalue weighted by molar-refractivity contribution is 5.75. The Morgan fingerprint density at radius 3 is 2.55 bits per heavy atom. The van der Waals surface area contributed by atoms with Crippen LogP contribution in [-0.2, 0) is 9.53 Å². The summed E-state index contributed by atoms with van der Waals surface area (Å²) in [5.41, 5.74) is 0.00156. The summed E-state index contributed by atoms with van der Waals surface area (Å²) in [6, 6.07) is 4.79. The summed E-state index contributed by atoms with van der Waals surface area (Å²) < 4.78 is 10.1. The third-order valence-electron chi connectivity index (χ3n) is 2.87. The first-order valence-electron chi connectivity index (χ1n) is 6.94. The fourth-order valence-electron chi connectivity index (χ4n) is 1.75. The van der Waals surface area contributed by atoms with Crippen LogP contribution in [-0.4, -0.2) is 30.1 Å². The Hall–Kier alpha value is -2.51. The summed E-state index contributed by atoms with van der Waals surface area (Å²) in [6.07, 6.45) is 1.52. The molecule has 0 aliphatic rings. The molecule has 22 heavy (non-hydrogen) atoms. The summed E-state index contributed by atoms with van der Waals surface area (Å²) in [5, 5.41) is 13.3. The van der Waals surface area contributed by atoms with Gasteiger partial charge in [-0.15, -0.1) is 4.91 Å². The van der Waals surface area contributed by atoms with E-state index in [-0.39, 0.29) is 12.3 Å². The Balaban J connectivity index is 2.25. The number of ether oxygens (including phenoxy) is 2. The Bertz CT molecular complexity index is 503. The summed E-state index contributed by atoms with van der Waals surface area (Å²) in [6.45, 7) is 2.26. The van der Waals surface area contributed by atoms with Gasteiger partial charge in [-0.3, -0.25) is 10.1 Å². The predicted molar refractivity (Wildman–Crippen MR) is 78.7 cm³/mol. The van der Waals surface area contributed by atoms with Gasteiger partial charge in [0.05, 0.1) is 18.1 Å². The van der Waals surface area contributed by atoms with E-state index in [0.29, 0.717) is 31.6 Å². The predicted octanol–water partition coefficient (Wildman–Crippen LogP) is 2.84. The standard InChI is InChI=1S/C14H18N2O6/c1-2-21-14(17)13(15-18)5-3-4-10-22-12-8-6-11(7-9-12)16(19)20/h6-9,13H,2-5,10H2,1H3. The molecule has 0 heterocycles. The van der Waals surface area contributed by atoms with Gasteiger partial charge in [0.25, 0.3) is 5.69 Å². The Morgan fingerprint density at radius 1 is 1.32 bits per heavy atom. The van der Waals surface area contributed by atoms with Crippen molar-refractivity contribution >= 4 is 11.7 Å². The van der Waals surface area contributed by atoms with Crippen molar-refractivity contribution in [2.75, 3.05) is 13.2 Å². The number of nitro benzene ring substituents is 1. The van der Waals surface area contributed by atoms with E-state index >= 15 is 0 Å². The molecule has 0 aliphatic heterocycles. The molecule has 0 radical (unpaired) electrons. The van der Waals surface area contributed by atoms with Crippen LogP contribution in [0, 0.1) is 15.0 Å². The van der Waals surface area contributed by atoms with Crippen LogP contribution in [0.1, 0.15) is 26.2 Å². The van der Waals surface area contributed by atoms with Crippen molar-refractivity contribution in [3.05, 3.63) is 39.3 Å². The monoisotopic (exact) mass is 310 g/mol. The number of nitro groups is 1. The van der Waals surface area contributed by atoms with Crippen LogP contribution >= 0.6 is 0 Å². The van der Waals surface area contributed by atoms with Gasteiger partial charge in [0.1, 0.15) is 5.75 Å². The summed E-state index contributed by atoms with van der Waals surface area (Å²) in [4.78, 5) is 31.9. The number of rotatable bonds is 10. The van der Waals surface area contributed by atoms with Crippen molar-refractivity contribution in [3.8, 4) is 5.75 Å². The molecule has 0 bridgehead atoms. The molecule has 0 spiro atoms. The van der Waals surface area contributed by atoms with Gasteiger partial charge in [0.2, 0.25) is 0 Å². The molecule has 0 saturated heterocycles.